The molecule has 160 valence electrons. The first-order valence-electron chi connectivity index (χ1n) is 10.6. The molecule has 0 radical (unpaired) electrons. The summed E-state index contributed by atoms with van der Waals surface area (Å²) in [5, 5.41) is 21.6. The SMILES string of the molecule is CC(C)c1ccc([C@](O)(c2cncc(C3CCCO3)c2)C2(C)CN(C(=O)O)C2)cc1. The van der Waals surface area contributed by atoms with E-state index in [9.17, 15) is 15.0 Å². The van der Waals surface area contributed by atoms with Crippen molar-refractivity contribution in [3.8, 4) is 0 Å². The normalized spacial score (nSPS) is 22.6. The fraction of sp³-hybridized carbons (Fsp3) is 0.500. The number of benzene rings is 1. The molecular weight excluding hydrogens is 380 g/mol. The number of hydrogen-bond acceptors (Lipinski definition) is 4. The molecule has 0 spiro atoms. The Kier molecular flexibility index (Phi) is 5.32. The predicted molar refractivity (Wildman–Crippen MR) is 113 cm³/mol. The lowest BCUT2D eigenvalue weighted by Gasteiger charge is -2.55. The van der Waals surface area contributed by atoms with Crippen LogP contribution in [0.1, 0.15) is 67.9 Å². The van der Waals surface area contributed by atoms with Gasteiger partial charge in [0.05, 0.1) is 6.10 Å². The Labute approximate surface area is 177 Å². The molecule has 2 aromatic rings. The molecule has 3 heterocycles. The minimum Gasteiger partial charge on any atom is -0.465 e. The number of rotatable bonds is 5. The van der Waals surface area contributed by atoms with Gasteiger partial charge < -0.3 is 19.8 Å². The molecule has 2 N–H and O–H groups in total. The van der Waals surface area contributed by atoms with E-state index < -0.39 is 17.1 Å². The van der Waals surface area contributed by atoms with Crippen LogP contribution in [-0.2, 0) is 10.3 Å². The van der Waals surface area contributed by atoms with Gasteiger partial charge in [0.15, 0.2) is 0 Å². The smallest absolute Gasteiger partial charge is 0.407 e. The molecule has 6 heteroatoms. The number of amides is 1. The number of hydrogen-bond donors (Lipinski definition) is 2. The summed E-state index contributed by atoms with van der Waals surface area (Å²) in [7, 11) is 0. The molecule has 1 aromatic heterocycles. The van der Waals surface area contributed by atoms with Crippen LogP contribution in [-0.4, -0.2) is 45.9 Å². The highest BCUT2D eigenvalue weighted by molar-refractivity contribution is 5.67. The number of aromatic nitrogens is 1. The van der Waals surface area contributed by atoms with Crippen LogP contribution in [0.3, 0.4) is 0 Å². The first-order valence-corrected chi connectivity index (χ1v) is 10.6. The summed E-state index contributed by atoms with van der Waals surface area (Å²) in [6.45, 7) is 7.47. The molecule has 2 atom stereocenters. The monoisotopic (exact) mass is 410 g/mol. The molecule has 2 aliphatic rings. The molecule has 6 nitrogen and oxygen atoms in total. The minimum absolute atomic E-state index is 0.00488. The number of aliphatic hydroxyl groups is 1. The number of carboxylic acid groups (broad SMARTS) is 1. The van der Waals surface area contributed by atoms with Crippen molar-refractivity contribution in [2.24, 2.45) is 5.41 Å². The summed E-state index contributed by atoms with van der Waals surface area (Å²) in [6, 6.07) is 9.98. The Morgan fingerprint density at radius 2 is 1.93 bits per heavy atom. The highest BCUT2D eigenvalue weighted by Gasteiger charge is 2.57. The summed E-state index contributed by atoms with van der Waals surface area (Å²) in [6.07, 6.45) is 4.49. The van der Waals surface area contributed by atoms with Gasteiger partial charge in [-0.15, -0.1) is 0 Å². The highest BCUT2D eigenvalue weighted by Crippen LogP contribution is 2.51. The first-order chi connectivity index (χ1) is 14.2. The standard InChI is InChI=1S/C24H30N2O4/c1-16(2)17-6-8-19(9-7-17)24(29,23(3)14-26(15-23)22(27)28)20-11-18(12-25-13-20)21-5-4-10-30-21/h6-9,11-13,16,21,29H,4-5,10,14-15H2,1-3H3,(H,27,28)/t21?,24-/m0/s1. The summed E-state index contributed by atoms with van der Waals surface area (Å²) >= 11 is 0. The van der Waals surface area contributed by atoms with Crippen molar-refractivity contribution in [3.05, 3.63) is 65.0 Å². The summed E-state index contributed by atoms with van der Waals surface area (Å²) in [4.78, 5) is 17.2. The Bertz CT molecular complexity index is 915. The molecule has 0 bridgehead atoms. The van der Waals surface area contributed by atoms with E-state index in [4.69, 9.17) is 4.74 Å². The van der Waals surface area contributed by atoms with Crippen molar-refractivity contribution in [1.82, 2.24) is 9.88 Å². The second kappa shape index (κ2) is 7.67. The van der Waals surface area contributed by atoms with E-state index in [0.29, 0.717) is 11.5 Å². The third kappa shape index (κ3) is 3.38. The van der Waals surface area contributed by atoms with Gasteiger partial charge in [-0.25, -0.2) is 4.79 Å². The van der Waals surface area contributed by atoms with Crippen LogP contribution in [0.2, 0.25) is 0 Å². The lowest BCUT2D eigenvalue weighted by molar-refractivity contribution is -0.124. The molecule has 30 heavy (non-hydrogen) atoms. The van der Waals surface area contributed by atoms with E-state index in [2.05, 4.69) is 18.8 Å². The maximum atomic E-state index is 12.2. The van der Waals surface area contributed by atoms with E-state index in [1.54, 1.807) is 12.4 Å². The second-order valence-corrected chi connectivity index (χ2v) is 9.20. The van der Waals surface area contributed by atoms with E-state index in [1.165, 1.54) is 10.5 Å². The van der Waals surface area contributed by atoms with Gasteiger partial charge in [0.25, 0.3) is 0 Å². The van der Waals surface area contributed by atoms with E-state index in [0.717, 1.165) is 30.6 Å². The molecule has 2 fully saturated rings. The van der Waals surface area contributed by atoms with Gasteiger partial charge in [0.2, 0.25) is 0 Å². The van der Waals surface area contributed by atoms with E-state index in [1.807, 2.05) is 37.3 Å². The topological polar surface area (TPSA) is 82.9 Å². The predicted octanol–water partition coefficient (Wildman–Crippen LogP) is 4.29. The van der Waals surface area contributed by atoms with E-state index in [-0.39, 0.29) is 19.2 Å². The molecular formula is C24H30N2O4. The van der Waals surface area contributed by atoms with Gasteiger partial charge in [-0.05, 0) is 41.5 Å². The maximum absolute atomic E-state index is 12.2. The second-order valence-electron chi connectivity index (χ2n) is 9.20. The molecule has 1 amide bonds. The third-order valence-corrected chi connectivity index (χ3v) is 6.70. The number of pyridine rings is 1. The van der Waals surface area contributed by atoms with Crippen molar-refractivity contribution < 1.29 is 19.7 Å². The van der Waals surface area contributed by atoms with Gasteiger partial charge >= 0.3 is 6.09 Å². The zero-order valence-corrected chi connectivity index (χ0v) is 17.8. The van der Waals surface area contributed by atoms with Crippen molar-refractivity contribution in [1.29, 1.82) is 0 Å². The zero-order valence-electron chi connectivity index (χ0n) is 17.8. The minimum atomic E-state index is -1.37. The molecule has 2 saturated heterocycles. The average Bonchev–Trinajstić information content (AvgIpc) is 3.25. The Morgan fingerprint density at radius 1 is 1.23 bits per heavy atom. The van der Waals surface area contributed by atoms with Crippen LogP contribution < -0.4 is 0 Å². The molecule has 1 unspecified atom stereocenters. The van der Waals surface area contributed by atoms with Crippen molar-refractivity contribution in [2.45, 2.75) is 51.2 Å². The fourth-order valence-electron chi connectivity index (χ4n) is 4.81. The van der Waals surface area contributed by atoms with E-state index >= 15 is 0 Å². The number of carbonyl (C=O) groups is 1. The number of likely N-dealkylation sites (tertiary alicyclic amines) is 1. The van der Waals surface area contributed by atoms with Crippen molar-refractivity contribution in [3.63, 3.8) is 0 Å². The largest absolute Gasteiger partial charge is 0.465 e. The molecule has 0 saturated carbocycles. The van der Waals surface area contributed by atoms with Gasteiger partial charge in [0, 0.05) is 43.1 Å². The quantitative estimate of drug-likeness (QED) is 0.768. The summed E-state index contributed by atoms with van der Waals surface area (Å²) in [5.74, 6) is 0.387. The third-order valence-electron chi connectivity index (χ3n) is 6.70. The van der Waals surface area contributed by atoms with Gasteiger partial charge in [0.1, 0.15) is 5.60 Å². The van der Waals surface area contributed by atoms with Crippen LogP contribution in [0.25, 0.3) is 0 Å². The van der Waals surface area contributed by atoms with Crippen LogP contribution in [0.15, 0.2) is 42.7 Å². The van der Waals surface area contributed by atoms with Crippen molar-refractivity contribution in [2.75, 3.05) is 19.7 Å². The molecule has 2 aliphatic heterocycles. The van der Waals surface area contributed by atoms with Gasteiger partial charge in [-0.2, -0.15) is 0 Å². The highest BCUT2D eigenvalue weighted by atomic mass is 16.5. The van der Waals surface area contributed by atoms with Crippen LogP contribution in [0.4, 0.5) is 4.79 Å². The number of nitrogens with zero attached hydrogens (tertiary/aromatic N) is 2. The zero-order chi connectivity index (χ0) is 21.5. The van der Waals surface area contributed by atoms with Gasteiger partial charge in [-0.3, -0.25) is 4.98 Å². The fourth-order valence-corrected chi connectivity index (χ4v) is 4.81. The Balaban J connectivity index is 1.78. The number of ether oxygens (including phenoxy) is 1. The Hall–Kier alpha value is -2.44. The van der Waals surface area contributed by atoms with Crippen LogP contribution in [0, 0.1) is 5.41 Å². The van der Waals surface area contributed by atoms with Gasteiger partial charge in [-0.1, -0.05) is 45.0 Å². The summed E-state index contributed by atoms with van der Waals surface area (Å²) < 4.78 is 5.82. The first kappa shape index (κ1) is 20.8. The maximum Gasteiger partial charge on any atom is 0.407 e. The Morgan fingerprint density at radius 3 is 2.50 bits per heavy atom. The average molecular weight is 411 g/mol. The van der Waals surface area contributed by atoms with Crippen LogP contribution in [0.5, 0.6) is 0 Å². The lowest BCUT2D eigenvalue weighted by atomic mass is 9.62. The van der Waals surface area contributed by atoms with Crippen molar-refractivity contribution >= 4 is 6.09 Å². The molecule has 4 rings (SSSR count). The molecule has 1 aromatic carbocycles. The molecule has 0 aliphatic carbocycles. The lowest BCUT2D eigenvalue weighted by Crippen LogP contribution is -2.66. The summed E-state index contributed by atoms with van der Waals surface area (Å²) in [5.41, 5.74) is 1.56. The van der Waals surface area contributed by atoms with Crippen LogP contribution >= 0.6 is 0 Å².